The monoisotopic (exact) mass is 375 g/mol. The Kier molecular flexibility index (Phi) is 6.87. The van der Waals surface area contributed by atoms with Gasteiger partial charge in [0.05, 0.1) is 6.04 Å². The van der Waals surface area contributed by atoms with Crippen molar-refractivity contribution in [2.75, 3.05) is 10.6 Å². The molecule has 0 aromatic heterocycles. The second-order valence-electron chi connectivity index (χ2n) is 6.72. The van der Waals surface area contributed by atoms with Crippen LogP contribution in [0.3, 0.4) is 0 Å². The zero-order valence-electron chi connectivity index (χ0n) is 15.5. The summed E-state index contributed by atoms with van der Waals surface area (Å²) in [7, 11) is 0. The van der Waals surface area contributed by atoms with Gasteiger partial charge in [0.1, 0.15) is 0 Å². The summed E-state index contributed by atoms with van der Waals surface area (Å²) in [5.74, 6) is -1.69. The van der Waals surface area contributed by atoms with Crippen molar-refractivity contribution >= 4 is 23.3 Å². The molecule has 0 aliphatic heterocycles. The molecule has 0 unspecified atom stereocenters. The molecule has 0 radical (unpaired) electrons. The summed E-state index contributed by atoms with van der Waals surface area (Å²) in [5, 5.41) is 8.09. The fourth-order valence-corrected chi connectivity index (χ4v) is 2.45. The fraction of sp³-hybridized carbons (Fsp3) is 0.300. The maximum Gasteiger partial charge on any atom is 0.319 e. The highest BCUT2D eigenvalue weighted by Crippen LogP contribution is 2.17. The van der Waals surface area contributed by atoms with E-state index in [1.54, 1.807) is 31.2 Å². The Balaban J connectivity index is 1.89. The van der Waals surface area contributed by atoms with Crippen molar-refractivity contribution in [2.45, 2.75) is 33.2 Å². The molecule has 0 bridgehead atoms. The van der Waals surface area contributed by atoms with Gasteiger partial charge in [-0.1, -0.05) is 19.9 Å². The van der Waals surface area contributed by atoms with E-state index in [9.17, 15) is 18.4 Å². The van der Waals surface area contributed by atoms with Crippen LogP contribution in [0, 0.1) is 17.6 Å². The Morgan fingerprint density at radius 1 is 0.889 bits per heavy atom. The minimum absolute atomic E-state index is 0.0659. The Labute approximate surface area is 157 Å². The Morgan fingerprint density at radius 2 is 1.48 bits per heavy atom. The number of nitrogens with one attached hydrogen (secondary N) is 3. The molecule has 3 amide bonds. The van der Waals surface area contributed by atoms with E-state index in [0.29, 0.717) is 23.4 Å². The van der Waals surface area contributed by atoms with Gasteiger partial charge < -0.3 is 16.0 Å². The molecule has 0 spiro atoms. The molecule has 0 aliphatic rings. The molecule has 0 saturated heterocycles. The number of benzene rings is 2. The zero-order chi connectivity index (χ0) is 20.0. The van der Waals surface area contributed by atoms with Gasteiger partial charge in [-0.2, -0.15) is 0 Å². The van der Waals surface area contributed by atoms with Crippen LogP contribution in [-0.2, 0) is 4.79 Å². The topological polar surface area (TPSA) is 70.2 Å². The Bertz CT molecular complexity index is 807. The van der Waals surface area contributed by atoms with E-state index in [0.717, 1.165) is 12.1 Å². The third kappa shape index (κ3) is 6.36. The molecule has 27 heavy (non-hydrogen) atoms. The number of carbonyl (C=O) groups excluding carboxylic acids is 2. The molecule has 1 atom stereocenters. The minimum Gasteiger partial charge on any atom is -0.331 e. The lowest BCUT2D eigenvalue weighted by Gasteiger charge is -2.15. The van der Waals surface area contributed by atoms with Gasteiger partial charge in [-0.3, -0.25) is 4.79 Å². The van der Waals surface area contributed by atoms with Crippen LogP contribution in [0.15, 0.2) is 42.5 Å². The van der Waals surface area contributed by atoms with Crippen molar-refractivity contribution < 1.29 is 18.4 Å². The van der Waals surface area contributed by atoms with E-state index >= 15 is 0 Å². The number of carbonyl (C=O) groups is 2. The van der Waals surface area contributed by atoms with Crippen LogP contribution in [0.1, 0.15) is 38.8 Å². The average molecular weight is 375 g/mol. The molecule has 0 aliphatic carbocycles. The summed E-state index contributed by atoms with van der Waals surface area (Å²) in [4.78, 5) is 23.8. The normalized spacial score (nSPS) is 11.8. The van der Waals surface area contributed by atoms with Gasteiger partial charge in [0.15, 0.2) is 11.6 Å². The molecule has 2 aromatic carbocycles. The molecule has 0 saturated carbocycles. The number of urea groups is 1. The highest BCUT2D eigenvalue weighted by molar-refractivity contribution is 5.92. The molecule has 3 N–H and O–H groups in total. The van der Waals surface area contributed by atoms with Gasteiger partial charge in [0.2, 0.25) is 5.91 Å². The van der Waals surface area contributed by atoms with Crippen LogP contribution in [-0.4, -0.2) is 11.9 Å². The average Bonchev–Trinajstić information content (AvgIpc) is 2.58. The predicted molar refractivity (Wildman–Crippen MR) is 101 cm³/mol. The summed E-state index contributed by atoms with van der Waals surface area (Å²) in [6.07, 6.45) is 0.435. The Morgan fingerprint density at radius 3 is 2.04 bits per heavy atom. The quantitative estimate of drug-likeness (QED) is 0.677. The lowest BCUT2D eigenvalue weighted by molar-refractivity contribution is -0.116. The highest BCUT2D eigenvalue weighted by atomic mass is 19.2. The first-order chi connectivity index (χ1) is 12.7. The van der Waals surface area contributed by atoms with Crippen molar-refractivity contribution in [1.82, 2.24) is 5.32 Å². The van der Waals surface area contributed by atoms with Crippen LogP contribution in [0.4, 0.5) is 25.0 Å². The summed E-state index contributed by atoms with van der Waals surface area (Å²) in [6.45, 7) is 5.60. The van der Waals surface area contributed by atoms with E-state index in [-0.39, 0.29) is 11.8 Å². The number of hydrogen-bond acceptors (Lipinski definition) is 2. The number of anilines is 2. The molecule has 7 heteroatoms. The van der Waals surface area contributed by atoms with E-state index in [1.165, 1.54) is 6.07 Å². The number of rotatable bonds is 6. The van der Waals surface area contributed by atoms with Crippen LogP contribution >= 0.6 is 0 Å². The van der Waals surface area contributed by atoms with Gasteiger partial charge in [0.25, 0.3) is 0 Å². The minimum atomic E-state index is -0.961. The van der Waals surface area contributed by atoms with Gasteiger partial charge >= 0.3 is 6.03 Å². The van der Waals surface area contributed by atoms with Crippen LogP contribution < -0.4 is 16.0 Å². The van der Waals surface area contributed by atoms with Crippen molar-refractivity contribution in [1.29, 1.82) is 0 Å². The van der Waals surface area contributed by atoms with Crippen LogP contribution in [0.25, 0.3) is 0 Å². The molecule has 0 heterocycles. The smallest absolute Gasteiger partial charge is 0.319 e. The molecule has 144 valence electrons. The van der Waals surface area contributed by atoms with E-state index in [4.69, 9.17) is 0 Å². The van der Waals surface area contributed by atoms with Crippen molar-refractivity contribution in [3.63, 3.8) is 0 Å². The Hall–Kier alpha value is -2.96. The first kappa shape index (κ1) is 20.4. The van der Waals surface area contributed by atoms with Crippen molar-refractivity contribution in [3.8, 4) is 0 Å². The zero-order valence-corrected chi connectivity index (χ0v) is 15.5. The number of halogens is 2. The summed E-state index contributed by atoms with van der Waals surface area (Å²) in [6, 6.07) is 9.19. The van der Waals surface area contributed by atoms with Gasteiger partial charge in [-0.25, -0.2) is 13.6 Å². The van der Waals surface area contributed by atoms with E-state index in [1.807, 2.05) is 13.8 Å². The first-order valence-electron chi connectivity index (χ1n) is 8.67. The molecule has 5 nitrogen and oxygen atoms in total. The molecular weight excluding hydrogens is 352 g/mol. The fourth-order valence-electron chi connectivity index (χ4n) is 2.45. The van der Waals surface area contributed by atoms with Crippen LogP contribution in [0.2, 0.25) is 0 Å². The largest absolute Gasteiger partial charge is 0.331 e. The first-order valence-corrected chi connectivity index (χ1v) is 8.67. The molecular formula is C20H23F2N3O2. The standard InChI is InChI=1S/C20H23F2N3O2/c1-12(2)10-19(26)24-15-5-7-16(8-6-15)25-20(27)23-13(3)14-4-9-17(21)18(22)11-14/h4-9,11-13H,10H2,1-3H3,(H,24,26)(H2,23,25,27)/t13-/m0/s1. The second-order valence-corrected chi connectivity index (χ2v) is 6.72. The second kappa shape index (κ2) is 9.12. The van der Waals surface area contributed by atoms with Crippen molar-refractivity contribution in [3.05, 3.63) is 59.7 Å². The lowest BCUT2D eigenvalue weighted by Crippen LogP contribution is -2.31. The highest BCUT2D eigenvalue weighted by Gasteiger charge is 2.12. The lowest BCUT2D eigenvalue weighted by atomic mass is 10.1. The number of amides is 3. The van der Waals surface area contributed by atoms with Crippen molar-refractivity contribution in [2.24, 2.45) is 5.92 Å². The maximum atomic E-state index is 13.3. The third-order valence-electron chi connectivity index (χ3n) is 3.81. The molecule has 2 rings (SSSR count). The summed E-state index contributed by atoms with van der Waals surface area (Å²) in [5.41, 5.74) is 1.63. The SMILES string of the molecule is CC(C)CC(=O)Nc1ccc(NC(=O)N[C@@H](C)c2ccc(F)c(F)c2)cc1. The maximum absolute atomic E-state index is 13.3. The van der Waals surface area contributed by atoms with Gasteiger partial charge in [-0.05, 0) is 54.8 Å². The van der Waals surface area contributed by atoms with E-state index in [2.05, 4.69) is 16.0 Å². The summed E-state index contributed by atoms with van der Waals surface area (Å²) >= 11 is 0. The third-order valence-corrected chi connectivity index (χ3v) is 3.81. The van der Waals surface area contributed by atoms with E-state index < -0.39 is 23.7 Å². The van der Waals surface area contributed by atoms with Gasteiger partial charge in [0, 0.05) is 17.8 Å². The predicted octanol–water partition coefficient (Wildman–Crippen LogP) is 4.83. The molecule has 0 fully saturated rings. The summed E-state index contributed by atoms with van der Waals surface area (Å²) < 4.78 is 26.3. The number of hydrogen-bond donors (Lipinski definition) is 3. The van der Waals surface area contributed by atoms with Gasteiger partial charge in [-0.15, -0.1) is 0 Å². The molecule has 2 aromatic rings. The van der Waals surface area contributed by atoms with Crippen LogP contribution in [0.5, 0.6) is 0 Å².